The van der Waals surface area contributed by atoms with Gasteiger partial charge in [0.05, 0.1) is 17.6 Å². The molecule has 1 aromatic heterocycles. The van der Waals surface area contributed by atoms with E-state index in [9.17, 15) is 0 Å². The summed E-state index contributed by atoms with van der Waals surface area (Å²) in [6.07, 6.45) is 3.95. The van der Waals surface area contributed by atoms with E-state index >= 15 is 0 Å². The third-order valence-corrected chi connectivity index (χ3v) is 5.65. The van der Waals surface area contributed by atoms with Crippen molar-refractivity contribution in [3.05, 3.63) is 17.7 Å². The van der Waals surface area contributed by atoms with Crippen LogP contribution in [0.3, 0.4) is 0 Å². The summed E-state index contributed by atoms with van der Waals surface area (Å²) in [6.45, 7) is 7.44. The fraction of sp³-hybridized carbons (Fsp3) is 0.714. The van der Waals surface area contributed by atoms with Crippen LogP contribution < -0.4 is 5.32 Å². The van der Waals surface area contributed by atoms with Crippen LogP contribution in [0.2, 0.25) is 0 Å². The first-order valence-electron chi connectivity index (χ1n) is 7.11. The van der Waals surface area contributed by atoms with Crippen molar-refractivity contribution in [2.75, 3.05) is 11.0 Å². The lowest BCUT2D eigenvalue weighted by molar-refractivity contribution is 0.171. The summed E-state index contributed by atoms with van der Waals surface area (Å²) in [7, 11) is 2.08. The van der Waals surface area contributed by atoms with Crippen LogP contribution in [0.5, 0.6) is 0 Å². The Balaban J connectivity index is 2.42. The molecule has 0 aliphatic carbocycles. The number of imidazole rings is 1. The summed E-state index contributed by atoms with van der Waals surface area (Å²) < 4.78 is 3.15. The third-order valence-electron chi connectivity index (χ3n) is 4.05. The van der Waals surface area contributed by atoms with Crippen molar-refractivity contribution in [3.63, 3.8) is 0 Å². The molecule has 1 aromatic rings. The molecule has 1 unspecified atom stereocenters. The van der Waals surface area contributed by atoms with E-state index < -0.39 is 0 Å². The molecule has 0 saturated carbocycles. The lowest BCUT2D eigenvalue weighted by atomic mass is 9.86. The Morgan fingerprint density at radius 1 is 1.60 bits per heavy atom. The number of rotatable bonds is 3. The van der Waals surface area contributed by atoms with Crippen molar-refractivity contribution in [2.45, 2.75) is 45.2 Å². The van der Waals surface area contributed by atoms with Gasteiger partial charge in [0.2, 0.25) is 0 Å². The van der Waals surface area contributed by atoms with Crippen molar-refractivity contribution < 1.29 is 0 Å². The van der Waals surface area contributed by atoms with E-state index in [2.05, 4.69) is 65.2 Å². The predicted molar refractivity (Wildman–Crippen MR) is 95.3 cm³/mol. The first-order chi connectivity index (χ1) is 9.46. The van der Waals surface area contributed by atoms with Gasteiger partial charge in [0.15, 0.2) is 5.11 Å². The minimum absolute atomic E-state index is 0.0750. The van der Waals surface area contributed by atoms with Crippen LogP contribution in [0.25, 0.3) is 0 Å². The highest BCUT2D eigenvalue weighted by atomic mass is 127. The lowest BCUT2D eigenvalue weighted by Crippen LogP contribution is -2.58. The van der Waals surface area contributed by atoms with Crippen molar-refractivity contribution in [2.24, 2.45) is 7.05 Å². The first-order valence-corrected chi connectivity index (χ1v) is 9.04. The van der Waals surface area contributed by atoms with Gasteiger partial charge in [-0.25, -0.2) is 4.98 Å². The number of nitrogens with one attached hydrogen (secondary N) is 1. The summed E-state index contributed by atoms with van der Waals surface area (Å²) in [5.74, 6) is 0. The average molecular weight is 406 g/mol. The van der Waals surface area contributed by atoms with Crippen molar-refractivity contribution >= 4 is 39.9 Å². The number of hydrogen-bond donors (Lipinski definition) is 1. The maximum atomic E-state index is 5.64. The normalized spacial score (nSPS) is 22.0. The van der Waals surface area contributed by atoms with Crippen LogP contribution in [0, 0.1) is 0 Å². The molecule has 0 saturated heterocycles. The SMILES string of the molecule is CCC1(CI)c2ncn(C)c2CCN1C(=S)NC(C)C. The summed E-state index contributed by atoms with van der Waals surface area (Å²) in [6, 6.07) is 0.358. The molecule has 4 nitrogen and oxygen atoms in total. The Kier molecular flexibility index (Phi) is 4.94. The molecule has 1 aliphatic heterocycles. The van der Waals surface area contributed by atoms with Crippen molar-refractivity contribution in [1.82, 2.24) is 19.8 Å². The number of thiocarbonyl (C=S) groups is 1. The lowest BCUT2D eigenvalue weighted by Gasteiger charge is -2.47. The smallest absolute Gasteiger partial charge is 0.169 e. The van der Waals surface area contributed by atoms with E-state index in [0.717, 1.165) is 28.9 Å². The first kappa shape index (κ1) is 16.0. The molecular formula is C14H23IN4S. The van der Waals surface area contributed by atoms with Gasteiger partial charge in [-0.3, -0.25) is 0 Å². The Morgan fingerprint density at radius 3 is 2.85 bits per heavy atom. The van der Waals surface area contributed by atoms with Crippen LogP contribution in [-0.2, 0) is 19.0 Å². The molecule has 2 heterocycles. The Hall–Kier alpha value is -0.370. The molecule has 0 aromatic carbocycles. The van der Waals surface area contributed by atoms with Gasteiger partial charge in [-0.1, -0.05) is 29.5 Å². The van der Waals surface area contributed by atoms with E-state index in [1.165, 1.54) is 11.4 Å². The molecule has 0 amide bonds. The molecule has 0 fully saturated rings. The van der Waals surface area contributed by atoms with E-state index in [1.54, 1.807) is 0 Å². The molecule has 1 N–H and O–H groups in total. The second-order valence-electron chi connectivity index (χ2n) is 5.68. The molecule has 0 radical (unpaired) electrons. The molecular weight excluding hydrogens is 383 g/mol. The van der Waals surface area contributed by atoms with Gasteiger partial charge in [-0.15, -0.1) is 0 Å². The Bertz CT molecular complexity index is 493. The van der Waals surface area contributed by atoms with Gasteiger partial charge in [0.1, 0.15) is 0 Å². The largest absolute Gasteiger partial charge is 0.360 e. The standard InChI is InChI=1S/C14H23IN4S/c1-5-14(8-15)12-11(18(4)9-16-12)6-7-19(14)13(20)17-10(2)3/h9-10H,5-8H2,1-4H3,(H,17,20). The van der Waals surface area contributed by atoms with Crippen LogP contribution in [-0.4, -0.2) is 36.6 Å². The average Bonchev–Trinajstić information content (AvgIpc) is 2.79. The van der Waals surface area contributed by atoms with Gasteiger partial charge in [-0.05, 0) is 32.5 Å². The second kappa shape index (κ2) is 6.17. The number of hydrogen-bond acceptors (Lipinski definition) is 2. The maximum absolute atomic E-state index is 5.64. The quantitative estimate of drug-likeness (QED) is 0.475. The zero-order valence-corrected chi connectivity index (χ0v) is 15.6. The van der Waals surface area contributed by atoms with Gasteiger partial charge < -0.3 is 14.8 Å². The zero-order valence-electron chi connectivity index (χ0n) is 12.6. The van der Waals surface area contributed by atoms with Crippen molar-refractivity contribution in [1.29, 1.82) is 0 Å². The molecule has 1 atom stereocenters. The summed E-state index contributed by atoms with van der Waals surface area (Å²) in [4.78, 5) is 7.04. The summed E-state index contributed by atoms with van der Waals surface area (Å²) in [5.41, 5.74) is 2.48. The molecule has 2 rings (SSSR count). The van der Waals surface area contributed by atoms with Crippen LogP contribution >= 0.6 is 34.8 Å². The van der Waals surface area contributed by atoms with Gasteiger partial charge >= 0.3 is 0 Å². The molecule has 112 valence electrons. The minimum Gasteiger partial charge on any atom is -0.360 e. The number of alkyl halides is 1. The maximum Gasteiger partial charge on any atom is 0.169 e. The van der Waals surface area contributed by atoms with E-state index in [1.807, 2.05) is 6.33 Å². The fourth-order valence-electron chi connectivity index (χ4n) is 2.91. The number of nitrogens with zero attached hydrogens (tertiary/aromatic N) is 3. The minimum atomic E-state index is -0.0750. The highest BCUT2D eigenvalue weighted by Crippen LogP contribution is 2.39. The number of fused-ring (bicyclic) bond motifs is 1. The predicted octanol–water partition coefficient (Wildman–Crippen LogP) is 2.60. The van der Waals surface area contributed by atoms with Gasteiger partial charge in [0, 0.05) is 36.2 Å². The zero-order chi connectivity index (χ0) is 14.9. The van der Waals surface area contributed by atoms with Crippen LogP contribution in [0.1, 0.15) is 38.6 Å². The monoisotopic (exact) mass is 406 g/mol. The topological polar surface area (TPSA) is 33.1 Å². The highest BCUT2D eigenvalue weighted by Gasteiger charge is 2.44. The number of aryl methyl sites for hydroxylation is 1. The highest BCUT2D eigenvalue weighted by molar-refractivity contribution is 14.1. The van der Waals surface area contributed by atoms with Gasteiger partial charge in [-0.2, -0.15) is 0 Å². The second-order valence-corrected chi connectivity index (χ2v) is 6.82. The molecule has 1 aliphatic rings. The Morgan fingerprint density at radius 2 is 2.30 bits per heavy atom. The van der Waals surface area contributed by atoms with E-state index in [0.29, 0.717) is 6.04 Å². The molecule has 0 bridgehead atoms. The van der Waals surface area contributed by atoms with Crippen molar-refractivity contribution in [3.8, 4) is 0 Å². The molecule has 20 heavy (non-hydrogen) atoms. The van der Waals surface area contributed by atoms with Gasteiger partial charge in [0.25, 0.3) is 0 Å². The Labute approximate surface area is 140 Å². The third kappa shape index (κ3) is 2.56. The summed E-state index contributed by atoms with van der Waals surface area (Å²) >= 11 is 8.11. The fourth-order valence-corrected chi connectivity index (χ4v) is 4.72. The molecule has 0 spiro atoms. The van der Waals surface area contributed by atoms with Crippen LogP contribution in [0.4, 0.5) is 0 Å². The molecule has 6 heteroatoms. The van der Waals surface area contributed by atoms with E-state index in [4.69, 9.17) is 17.2 Å². The van der Waals surface area contributed by atoms with Crippen LogP contribution in [0.15, 0.2) is 6.33 Å². The van der Waals surface area contributed by atoms with E-state index in [-0.39, 0.29) is 5.54 Å². The number of halogens is 1. The summed E-state index contributed by atoms with van der Waals surface area (Å²) in [5, 5.41) is 4.25. The number of aromatic nitrogens is 2.